The quantitative estimate of drug-likeness (QED) is 0.810. The smallest absolute Gasteiger partial charge is 0.169 e. The van der Waals surface area contributed by atoms with Gasteiger partial charge < -0.3 is 4.74 Å². The fraction of sp³-hybridized carbons (Fsp3) is 0.385. The summed E-state index contributed by atoms with van der Waals surface area (Å²) in [7, 11) is -2.02. The van der Waals surface area contributed by atoms with Crippen molar-refractivity contribution in [3.63, 3.8) is 0 Å². The van der Waals surface area contributed by atoms with Gasteiger partial charge in [-0.3, -0.25) is 4.79 Å². The number of ketones is 1. The molecule has 0 aliphatic rings. The van der Waals surface area contributed by atoms with Crippen LogP contribution in [0.3, 0.4) is 0 Å². The van der Waals surface area contributed by atoms with Gasteiger partial charge in [0.05, 0.1) is 13.2 Å². The van der Waals surface area contributed by atoms with Crippen molar-refractivity contribution in [1.29, 1.82) is 5.26 Å². The Balaban J connectivity index is 3.21. The van der Waals surface area contributed by atoms with E-state index >= 15 is 0 Å². The number of ether oxygens (including phenoxy) is 1. The van der Waals surface area contributed by atoms with Gasteiger partial charge in [-0.25, -0.2) is 8.42 Å². The van der Waals surface area contributed by atoms with Gasteiger partial charge in [-0.05, 0) is 13.0 Å². The molecule has 0 radical (unpaired) electrons. The normalized spacial score (nSPS) is 12.5. The highest BCUT2D eigenvalue weighted by Crippen LogP contribution is 2.28. The molecule has 0 heterocycles. The lowest BCUT2D eigenvalue weighted by molar-refractivity contribution is -0.117. The van der Waals surface area contributed by atoms with E-state index in [-0.39, 0.29) is 0 Å². The molecule has 0 N–H and O–H groups in total. The Morgan fingerprint density at radius 3 is 2.58 bits per heavy atom. The zero-order chi connectivity index (χ0) is 14.6. The van der Waals surface area contributed by atoms with E-state index in [4.69, 9.17) is 10.00 Å². The first-order valence-corrected chi connectivity index (χ1v) is 7.59. The maximum absolute atomic E-state index is 11.9. The Morgan fingerprint density at radius 1 is 1.47 bits per heavy atom. The van der Waals surface area contributed by atoms with E-state index in [9.17, 15) is 13.2 Å². The van der Waals surface area contributed by atoms with Crippen LogP contribution in [0.2, 0.25) is 0 Å². The van der Waals surface area contributed by atoms with Gasteiger partial charge in [0, 0.05) is 11.8 Å². The van der Waals surface area contributed by atoms with Crippen molar-refractivity contribution in [1.82, 2.24) is 0 Å². The van der Waals surface area contributed by atoms with Crippen LogP contribution < -0.4 is 4.74 Å². The largest absolute Gasteiger partial charge is 0.496 e. The summed E-state index contributed by atoms with van der Waals surface area (Å²) in [5.74, 6) is -2.03. The molecule has 0 saturated heterocycles. The van der Waals surface area contributed by atoms with Crippen LogP contribution in [0.25, 0.3) is 0 Å². The summed E-state index contributed by atoms with van der Waals surface area (Å²) in [5, 5.41) is 9.14. The van der Waals surface area contributed by atoms with Gasteiger partial charge in [0.25, 0.3) is 0 Å². The van der Waals surface area contributed by atoms with Crippen molar-refractivity contribution in [2.45, 2.75) is 12.8 Å². The first-order valence-electron chi connectivity index (χ1n) is 5.53. The van der Waals surface area contributed by atoms with Crippen LogP contribution in [0.15, 0.2) is 18.2 Å². The maximum Gasteiger partial charge on any atom is 0.169 e. The van der Waals surface area contributed by atoms with Gasteiger partial charge in [0.15, 0.2) is 15.6 Å². The number of hydrogen-bond acceptors (Lipinski definition) is 5. The molecule has 1 aromatic rings. The van der Waals surface area contributed by atoms with Crippen LogP contribution in [0.1, 0.15) is 17.0 Å². The zero-order valence-corrected chi connectivity index (χ0v) is 11.8. The second-order valence-electron chi connectivity index (χ2n) is 4.34. The molecule has 1 unspecified atom stereocenters. The number of hydrogen-bond donors (Lipinski definition) is 0. The molecule has 0 aliphatic carbocycles. The van der Waals surface area contributed by atoms with Crippen LogP contribution >= 0.6 is 0 Å². The standard InChI is InChI=1S/C13H15NO4S/c1-9-4-5-13(18-2)10(6-9)11(7-14)12(15)8-19(3,16)17/h4-6,11H,8H2,1-3H3. The number of sulfone groups is 1. The number of nitriles is 1. The van der Waals surface area contributed by atoms with E-state index in [1.165, 1.54) is 7.11 Å². The number of aryl methyl sites for hydroxylation is 1. The average molecular weight is 281 g/mol. The molecule has 0 fully saturated rings. The Hall–Kier alpha value is -1.87. The van der Waals surface area contributed by atoms with Crippen molar-refractivity contribution in [2.24, 2.45) is 0 Å². The van der Waals surface area contributed by atoms with Crippen molar-refractivity contribution >= 4 is 15.6 Å². The molecule has 1 rings (SSSR count). The van der Waals surface area contributed by atoms with Crippen LogP contribution in [0, 0.1) is 18.3 Å². The van der Waals surface area contributed by atoms with Crippen LogP contribution in [-0.4, -0.2) is 33.3 Å². The highest BCUT2D eigenvalue weighted by molar-refractivity contribution is 7.91. The Kier molecular flexibility index (Phi) is 4.67. The van der Waals surface area contributed by atoms with E-state index in [1.807, 2.05) is 13.0 Å². The molecule has 6 heteroatoms. The number of nitrogens with zero attached hydrogens (tertiary/aromatic N) is 1. The first-order chi connectivity index (χ1) is 8.78. The summed E-state index contributed by atoms with van der Waals surface area (Å²) < 4.78 is 27.4. The van der Waals surface area contributed by atoms with E-state index < -0.39 is 27.3 Å². The summed E-state index contributed by atoms with van der Waals surface area (Å²) in [4.78, 5) is 11.9. The summed E-state index contributed by atoms with van der Waals surface area (Å²) >= 11 is 0. The van der Waals surface area contributed by atoms with Crippen LogP contribution in [0.4, 0.5) is 0 Å². The van der Waals surface area contributed by atoms with Gasteiger partial charge in [-0.2, -0.15) is 5.26 Å². The molecule has 1 aromatic carbocycles. The average Bonchev–Trinajstić information content (AvgIpc) is 2.28. The van der Waals surface area contributed by atoms with Crippen molar-refractivity contribution in [3.05, 3.63) is 29.3 Å². The zero-order valence-electron chi connectivity index (χ0n) is 11.0. The second kappa shape index (κ2) is 5.85. The number of carbonyl (C=O) groups is 1. The molecule has 102 valence electrons. The summed E-state index contributed by atoms with van der Waals surface area (Å²) in [6.07, 6.45) is 0.965. The Labute approximate surface area is 112 Å². The minimum Gasteiger partial charge on any atom is -0.496 e. The van der Waals surface area contributed by atoms with Crippen molar-refractivity contribution in [2.75, 3.05) is 19.1 Å². The van der Waals surface area contributed by atoms with E-state index in [2.05, 4.69) is 0 Å². The number of methoxy groups -OCH3 is 1. The molecule has 0 aromatic heterocycles. The molecule has 1 atom stereocenters. The number of Topliss-reactive ketones (excluding diaryl/α,β-unsaturated/α-hetero) is 1. The SMILES string of the molecule is COc1ccc(C)cc1C(C#N)C(=O)CS(C)(=O)=O. The van der Waals surface area contributed by atoms with Gasteiger partial charge in [-0.1, -0.05) is 17.7 Å². The van der Waals surface area contributed by atoms with Crippen molar-refractivity contribution < 1.29 is 17.9 Å². The molecular formula is C13H15NO4S. The van der Waals surface area contributed by atoms with Gasteiger partial charge in [-0.15, -0.1) is 0 Å². The Morgan fingerprint density at radius 2 is 2.11 bits per heavy atom. The topological polar surface area (TPSA) is 84.2 Å². The summed E-state index contributed by atoms with van der Waals surface area (Å²) in [6.45, 7) is 1.82. The third-order valence-electron chi connectivity index (χ3n) is 2.55. The lowest BCUT2D eigenvalue weighted by Gasteiger charge is -2.13. The fourth-order valence-electron chi connectivity index (χ4n) is 1.74. The highest BCUT2D eigenvalue weighted by Gasteiger charge is 2.26. The number of carbonyl (C=O) groups excluding carboxylic acids is 1. The predicted octanol–water partition coefficient (Wildman–Crippen LogP) is 1.22. The molecule has 0 amide bonds. The van der Waals surface area contributed by atoms with Gasteiger partial charge in [0.2, 0.25) is 0 Å². The molecule has 0 spiro atoms. The number of rotatable bonds is 5. The lowest BCUT2D eigenvalue weighted by Crippen LogP contribution is -2.21. The highest BCUT2D eigenvalue weighted by atomic mass is 32.2. The molecular weight excluding hydrogens is 266 g/mol. The monoisotopic (exact) mass is 281 g/mol. The third-order valence-corrected chi connectivity index (χ3v) is 3.36. The van der Waals surface area contributed by atoms with E-state index in [0.29, 0.717) is 11.3 Å². The first kappa shape index (κ1) is 15.2. The molecule has 0 bridgehead atoms. The molecule has 0 aliphatic heterocycles. The second-order valence-corrected chi connectivity index (χ2v) is 6.48. The van der Waals surface area contributed by atoms with Crippen molar-refractivity contribution in [3.8, 4) is 11.8 Å². The number of benzene rings is 1. The minimum atomic E-state index is -3.46. The maximum atomic E-state index is 11.9. The molecule has 5 nitrogen and oxygen atoms in total. The predicted molar refractivity (Wildman–Crippen MR) is 70.8 cm³/mol. The minimum absolute atomic E-state index is 0.402. The van der Waals surface area contributed by atoms with E-state index in [1.54, 1.807) is 18.2 Å². The summed E-state index contributed by atoms with van der Waals surface area (Å²) in [6, 6.07) is 6.95. The fourth-order valence-corrected chi connectivity index (χ4v) is 2.42. The molecule has 0 saturated carbocycles. The van der Waals surface area contributed by atoms with Crippen LogP contribution in [-0.2, 0) is 14.6 Å². The lowest BCUT2D eigenvalue weighted by atomic mass is 9.94. The Bertz CT molecular complexity index is 629. The molecule has 19 heavy (non-hydrogen) atoms. The summed E-state index contributed by atoms with van der Waals surface area (Å²) in [5.41, 5.74) is 1.27. The van der Waals surface area contributed by atoms with Crippen LogP contribution in [0.5, 0.6) is 5.75 Å². The van der Waals surface area contributed by atoms with Gasteiger partial charge in [0.1, 0.15) is 17.4 Å². The van der Waals surface area contributed by atoms with Gasteiger partial charge >= 0.3 is 0 Å². The third kappa shape index (κ3) is 4.07. The van der Waals surface area contributed by atoms with E-state index in [0.717, 1.165) is 11.8 Å².